The van der Waals surface area contributed by atoms with Crippen LogP contribution in [-0.4, -0.2) is 44.6 Å². The second kappa shape index (κ2) is 11.0. The molecule has 1 saturated heterocycles. The van der Waals surface area contributed by atoms with Crippen LogP contribution in [-0.2, 0) is 11.3 Å². The first-order valence-electron chi connectivity index (χ1n) is 12.6. The van der Waals surface area contributed by atoms with Crippen molar-refractivity contribution in [2.75, 3.05) is 6.54 Å². The molecule has 1 fully saturated rings. The van der Waals surface area contributed by atoms with Crippen LogP contribution >= 0.6 is 0 Å². The average Bonchev–Trinajstić information content (AvgIpc) is 3.33. The van der Waals surface area contributed by atoms with Gasteiger partial charge in [-0.3, -0.25) is 4.90 Å². The van der Waals surface area contributed by atoms with E-state index in [9.17, 15) is 4.79 Å². The third-order valence-corrected chi connectivity index (χ3v) is 7.09. The zero-order valence-corrected chi connectivity index (χ0v) is 20.8. The van der Waals surface area contributed by atoms with Gasteiger partial charge >= 0.3 is 6.16 Å². The molecule has 0 saturated carbocycles. The maximum absolute atomic E-state index is 15.1. The summed E-state index contributed by atoms with van der Waals surface area (Å²) >= 11 is 0. The lowest BCUT2D eigenvalue weighted by Gasteiger charge is -2.38. The van der Waals surface area contributed by atoms with Crippen LogP contribution in [0.4, 0.5) is 9.18 Å². The summed E-state index contributed by atoms with van der Waals surface area (Å²) in [4.78, 5) is 13.4. The van der Waals surface area contributed by atoms with Gasteiger partial charge in [-0.1, -0.05) is 61.5 Å². The molecule has 6 nitrogen and oxygen atoms in total. The highest BCUT2D eigenvalue weighted by Crippen LogP contribution is 2.32. The molecular formula is C30H30FN3O3. The van der Waals surface area contributed by atoms with Gasteiger partial charge in [-0.15, -0.1) is 0 Å². The minimum Gasteiger partial charge on any atom is -0.450 e. The topological polar surface area (TPSA) is 67.6 Å². The Morgan fingerprint density at radius 3 is 2.43 bits per heavy atom. The van der Waals surface area contributed by atoms with Crippen LogP contribution in [0.15, 0.2) is 85.1 Å². The summed E-state index contributed by atoms with van der Waals surface area (Å²) in [5, 5.41) is 13.7. The van der Waals surface area contributed by atoms with E-state index < -0.39 is 6.16 Å². The van der Waals surface area contributed by atoms with Crippen LogP contribution in [0.5, 0.6) is 0 Å². The molecule has 2 unspecified atom stereocenters. The van der Waals surface area contributed by atoms with Crippen molar-refractivity contribution < 1.29 is 19.0 Å². The molecule has 1 aliphatic rings. The second-order valence-electron chi connectivity index (χ2n) is 9.39. The lowest BCUT2D eigenvalue weighted by molar-refractivity contribution is -0.00318. The number of nitrogens with zero attached hydrogens (tertiary/aromatic N) is 3. The second-order valence-corrected chi connectivity index (χ2v) is 9.39. The van der Waals surface area contributed by atoms with Gasteiger partial charge in [-0.25, -0.2) is 13.9 Å². The Kier molecular flexibility index (Phi) is 7.32. The minimum atomic E-state index is -1.23. The number of benzene rings is 3. The summed E-state index contributed by atoms with van der Waals surface area (Å²) in [6, 6.07) is 25.2. The summed E-state index contributed by atoms with van der Waals surface area (Å²) in [5.74, 6) is -0.299. The van der Waals surface area contributed by atoms with E-state index in [0.717, 1.165) is 34.5 Å². The summed E-state index contributed by atoms with van der Waals surface area (Å²) in [5.41, 5.74) is 5.23. The largest absolute Gasteiger partial charge is 0.506 e. The van der Waals surface area contributed by atoms with Crippen LogP contribution in [0.2, 0.25) is 0 Å². The van der Waals surface area contributed by atoms with Crippen LogP contribution in [0.1, 0.15) is 31.7 Å². The number of carboxylic acid groups (broad SMARTS) is 1. The van der Waals surface area contributed by atoms with E-state index >= 15 is 4.39 Å². The van der Waals surface area contributed by atoms with Crippen molar-refractivity contribution in [1.82, 2.24) is 14.7 Å². The summed E-state index contributed by atoms with van der Waals surface area (Å²) in [6.45, 7) is 3.38. The highest BCUT2D eigenvalue weighted by atomic mass is 19.1. The van der Waals surface area contributed by atoms with Gasteiger partial charge in [0, 0.05) is 36.7 Å². The molecule has 0 amide bonds. The standard InChI is InChI=1S/C30H30FN3O3/c1-2-24-18-26(37-30(35)36)16-17-33(24)20-23-19-32-34(29(23)27-10-6-7-11-28(27)31)25-14-12-22(13-15-25)21-8-4-3-5-9-21/h3-15,19,24,26H,2,16-18,20H2,1H3,(H,35,36). The fraction of sp³-hybridized carbons (Fsp3) is 0.267. The summed E-state index contributed by atoms with van der Waals surface area (Å²) in [7, 11) is 0. The molecule has 0 aliphatic carbocycles. The Hall–Kier alpha value is -3.97. The first-order valence-corrected chi connectivity index (χ1v) is 12.6. The maximum atomic E-state index is 15.1. The molecule has 5 rings (SSSR count). The maximum Gasteiger partial charge on any atom is 0.506 e. The van der Waals surface area contributed by atoms with Gasteiger partial charge in [0.2, 0.25) is 0 Å². The Morgan fingerprint density at radius 2 is 1.73 bits per heavy atom. The van der Waals surface area contributed by atoms with E-state index in [1.54, 1.807) is 12.1 Å². The SMILES string of the molecule is CCC1CC(OC(=O)O)CCN1Cc1cnn(-c2ccc(-c3ccccc3)cc2)c1-c1ccccc1F. The normalized spacial score (nSPS) is 18.0. The van der Waals surface area contributed by atoms with Gasteiger partial charge in [0.25, 0.3) is 0 Å². The number of likely N-dealkylation sites (tertiary alicyclic amines) is 1. The van der Waals surface area contributed by atoms with E-state index in [1.165, 1.54) is 6.07 Å². The first-order chi connectivity index (χ1) is 18.0. The molecule has 2 atom stereocenters. The first kappa shape index (κ1) is 24.7. The molecule has 0 bridgehead atoms. The number of carbonyl (C=O) groups is 1. The fourth-order valence-electron chi connectivity index (χ4n) is 5.22. The van der Waals surface area contributed by atoms with Gasteiger partial charge in [-0.05, 0) is 48.2 Å². The zero-order chi connectivity index (χ0) is 25.8. The highest BCUT2D eigenvalue weighted by molar-refractivity contribution is 5.68. The van der Waals surface area contributed by atoms with E-state index in [2.05, 4.69) is 36.1 Å². The Balaban J connectivity index is 1.48. The molecule has 190 valence electrons. The predicted octanol–water partition coefficient (Wildman–Crippen LogP) is 6.78. The monoisotopic (exact) mass is 499 g/mol. The molecule has 1 N–H and O–H groups in total. The number of hydrogen-bond donors (Lipinski definition) is 1. The number of piperidine rings is 1. The van der Waals surface area contributed by atoms with Crippen LogP contribution in [0, 0.1) is 5.82 Å². The van der Waals surface area contributed by atoms with Crippen molar-refractivity contribution in [3.8, 4) is 28.1 Å². The molecule has 1 aliphatic heterocycles. The van der Waals surface area contributed by atoms with Crippen LogP contribution in [0.25, 0.3) is 28.1 Å². The van der Waals surface area contributed by atoms with Crippen molar-refractivity contribution in [3.05, 3.63) is 96.4 Å². The lowest BCUT2D eigenvalue weighted by Crippen LogP contribution is -2.44. The molecule has 4 aromatic rings. The molecule has 2 heterocycles. The van der Waals surface area contributed by atoms with Crippen molar-refractivity contribution in [2.24, 2.45) is 0 Å². The molecule has 7 heteroatoms. The number of hydrogen-bond acceptors (Lipinski definition) is 4. The summed E-state index contributed by atoms with van der Waals surface area (Å²) in [6.07, 6.45) is 2.44. The van der Waals surface area contributed by atoms with E-state index in [0.29, 0.717) is 31.5 Å². The number of aromatic nitrogens is 2. The van der Waals surface area contributed by atoms with Gasteiger partial charge in [0.1, 0.15) is 11.9 Å². The van der Waals surface area contributed by atoms with Gasteiger partial charge in [0.05, 0.1) is 17.6 Å². The van der Waals surface area contributed by atoms with E-state index in [-0.39, 0.29) is 18.0 Å². The minimum absolute atomic E-state index is 0.167. The predicted molar refractivity (Wildman–Crippen MR) is 141 cm³/mol. The molecular weight excluding hydrogens is 469 g/mol. The molecule has 0 radical (unpaired) electrons. The number of rotatable bonds is 7. The van der Waals surface area contributed by atoms with Gasteiger partial charge in [-0.2, -0.15) is 5.10 Å². The van der Waals surface area contributed by atoms with Crippen molar-refractivity contribution in [3.63, 3.8) is 0 Å². The number of halogens is 1. The van der Waals surface area contributed by atoms with Crippen LogP contribution in [0.3, 0.4) is 0 Å². The third kappa shape index (κ3) is 5.42. The molecule has 0 spiro atoms. The average molecular weight is 500 g/mol. The fourth-order valence-corrected chi connectivity index (χ4v) is 5.22. The van der Waals surface area contributed by atoms with Gasteiger partial charge < -0.3 is 9.84 Å². The molecule has 1 aromatic heterocycles. The summed E-state index contributed by atoms with van der Waals surface area (Å²) < 4.78 is 21.9. The quantitative estimate of drug-likeness (QED) is 0.284. The molecule has 3 aromatic carbocycles. The van der Waals surface area contributed by atoms with E-state index in [1.807, 2.05) is 47.3 Å². The smallest absolute Gasteiger partial charge is 0.450 e. The van der Waals surface area contributed by atoms with Crippen molar-refractivity contribution in [2.45, 2.75) is 44.9 Å². The van der Waals surface area contributed by atoms with Crippen molar-refractivity contribution >= 4 is 6.16 Å². The zero-order valence-electron chi connectivity index (χ0n) is 20.8. The number of ether oxygens (including phenoxy) is 1. The Bertz CT molecular complexity index is 1350. The van der Waals surface area contributed by atoms with Crippen molar-refractivity contribution in [1.29, 1.82) is 0 Å². The Labute approximate surface area is 215 Å². The lowest BCUT2D eigenvalue weighted by atomic mass is 9.96. The Morgan fingerprint density at radius 1 is 1.03 bits per heavy atom. The highest BCUT2D eigenvalue weighted by Gasteiger charge is 2.31. The molecule has 37 heavy (non-hydrogen) atoms. The van der Waals surface area contributed by atoms with E-state index in [4.69, 9.17) is 14.9 Å². The van der Waals surface area contributed by atoms with Gasteiger partial charge in [0.15, 0.2) is 0 Å². The van der Waals surface area contributed by atoms with Crippen LogP contribution < -0.4 is 0 Å². The third-order valence-electron chi connectivity index (χ3n) is 7.09.